The van der Waals surface area contributed by atoms with Crippen molar-refractivity contribution in [3.05, 3.63) is 22.7 Å². The highest BCUT2D eigenvalue weighted by Gasteiger charge is 2.34. The second-order valence-corrected chi connectivity index (χ2v) is 7.45. The first-order valence-corrected chi connectivity index (χ1v) is 9.56. The summed E-state index contributed by atoms with van der Waals surface area (Å²) in [4.78, 5) is 26.5. The zero-order chi connectivity index (χ0) is 18.7. The van der Waals surface area contributed by atoms with E-state index in [1.54, 1.807) is 12.1 Å². The third-order valence-electron chi connectivity index (χ3n) is 5.32. The number of methoxy groups -OCH3 is 1. The number of halogens is 1. The maximum atomic E-state index is 12.7. The van der Waals surface area contributed by atoms with E-state index < -0.39 is 0 Å². The molecular weight excluding hydrogens is 354 g/mol. The molecule has 0 radical (unpaired) electrons. The van der Waals surface area contributed by atoms with Crippen molar-refractivity contribution in [3.8, 4) is 5.75 Å². The Balaban J connectivity index is 1.67. The molecule has 2 fully saturated rings. The van der Waals surface area contributed by atoms with Gasteiger partial charge in [-0.05, 0) is 38.3 Å². The third-order valence-corrected chi connectivity index (χ3v) is 5.63. The van der Waals surface area contributed by atoms with Crippen LogP contribution in [-0.2, 0) is 4.79 Å². The fourth-order valence-corrected chi connectivity index (χ4v) is 4.29. The number of piperidine rings is 1. The first kappa shape index (κ1) is 19.0. The van der Waals surface area contributed by atoms with Gasteiger partial charge in [-0.3, -0.25) is 14.5 Å². The van der Waals surface area contributed by atoms with Gasteiger partial charge in [0, 0.05) is 31.6 Å². The van der Waals surface area contributed by atoms with Crippen LogP contribution in [0.1, 0.15) is 49.4 Å². The normalized spacial score (nSPS) is 22.6. The Labute approximate surface area is 159 Å². The highest BCUT2D eigenvalue weighted by Crippen LogP contribution is 2.32. The molecule has 2 saturated heterocycles. The minimum atomic E-state index is -0.233. The SMILES string of the molecule is COc1cc(NC(C)=O)c(Cl)cc1C(=O)NCC1CCC2CCCCN21. The van der Waals surface area contributed by atoms with Crippen LogP contribution in [0.2, 0.25) is 5.02 Å². The van der Waals surface area contributed by atoms with Crippen molar-refractivity contribution < 1.29 is 14.3 Å². The van der Waals surface area contributed by atoms with Crippen LogP contribution in [0.15, 0.2) is 12.1 Å². The lowest BCUT2D eigenvalue weighted by Crippen LogP contribution is -2.45. The van der Waals surface area contributed by atoms with Crippen molar-refractivity contribution in [2.75, 3.05) is 25.5 Å². The number of hydrogen-bond acceptors (Lipinski definition) is 4. The molecule has 2 heterocycles. The van der Waals surface area contributed by atoms with Gasteiger partial charge in [0.15, 0.2) is 0 Å². The second-order valence-electron chi connectivity index (χ2n) is 7.04. The molecule has 1 aromatic carbocycles. The van der Waals surface area contributed by atoms with Crippen molar-refractivity contribution in [2.45, 2.75) is 51.1 Å². The number of nitrogens with zero attached hydrogens (tertiary/aromatic N) is 1. The predicted octanol–water partition coefficient (Wildman–Crippen LogP) is 3.05. The molecule has 0 spiro atoms. The number of hydrogen-bond donors (Lipinski definition) is 2. The minimum absolute atomic E-state index is 0.210. The van der Waals surface area contributed by atoms with Crippen molar-refractivity contribution in [1.82, 2.24) is 10.2 Å². The number of ether oxygens (including phenoxy) is 1. The average Bonchev–Trinajstić information content (AvgIpc) is 3.04. The van der Waals surface area contributed by atoms with Crippen LogP contribution in [0.3, 0.4) is 0 Å². The molecule has 0 bridgehead atoms. The van der Waals surface area contributed by atoms with Gasteiger partial charge in [-0.25, -0.2) is 0 Å². The Morgan fingerprint density at radius 3 is 2.81 bits per heavy atom. The summed E-state index contributed by atoms with van der Waals surface area (Å²) in [6.45, 7) is 3.16. The molecule has 2 atom stereocenters. The molecule has 1 aromatic rings. The first-order chi connectivity index (χ1) is 12.5. The number of fused-ring (bicyclic) bond motifs is 1. The lowest BCUT2D eigenvalue weighted by Gasteiger charge is -2.34. The Morgan fingerprint density at radius 2 is 2.08 bits per heavy atom. The van der Waals surface area contributed by atoms with Crippen LogP contribution in [-0.4, -0.2) is 49.0 Å². The van der Waals surface area contributed by atoms with Crippen LogP contribution in [0, 0.1) is 0 Å². The lowest BCUT2D eigenvalue weighted by molar-refractivity contribution is -0.114. The molecule has 2 N–H and O–H groups in total. The number of carbonyl (C=O) groups excluding carboxylic acids is 2. The maximum Gasteiger partial charge on any atom is 0.255 e. The second kappa shape index (κ2) is 8.27. The summed E-state index contributed by atoms with van der Waals surface area (Å²) in [7, 11) is 1.49. The highest BCUT2D eigenvalue weighted by molar-refractivity contribution is 6.34. The zero-order valence-electron chi connectivity index (χ0n) is 15.3. The molecule has 0 aliphatic carbocycles. The number of amides is 2. The summed E-state index contributed by atoms with van der Waals surface area (Å²) in [6, 6.07) is 4.21. The smallest absolute Gasteiger partial charge is 0.255 e. The Morgan fingerprint density at radius 1 is 1.27 bits per heavy atom. The minimum Gasteiger partial charge on any atom is -0.496 e. The van der Waals surface area contributed by atoms with Gasteiger partial charge in [-0.15, -0.1) is 0 Å². The van der Waals surface area contributed by atoms with E-state index in [2.05, 4.69) is 15.5 Å². The quantitative estimate of drug-likeness (QED) is 0.824. The summed E-state index contributed by atoms with van der Waals surface area (Å²) in [6.07, 6.45) is 6.19. The van der Waals surface area contributed by atoms with Gasteiger partial charge in [-0.1, -0.05) is 18.0 Å². The van der Waals surface area contributed by atoms with Gasteiger partial charge in [0.05, 0.1) is 23.4 Å². The van der Waals surface area contributed by atoms with Gasteiger partial charge >= 0.3 is 0 Å². The molecule has 2 aliphatic heterocycles. The molecule has 6 nitrogen and oxygen atoms in total. The van der Waals surface area contributed by atoms with Gasteiger partial charge in [-0.2, -0.15) is 0 Å². The first-order valence-electron chi connectivity index (χ1n) is 9.18. The van der Waals surface area contributed by atoms with Gasteiger partial charge in [0.1, 0.15) is 5.75 Å². The number of anilines is 1. The molecule has 0 saturated carbocycles. The predicted molar refractivity (Wildman–Crippen MR) is 102 cm³/mol. The highest BCUT2D eigenvalue weighted by atomic mass is 35.5. The van der Waals surface area contributed by atoms with Crippen molar-refractivity contribution in [3.63, 3.8) is 0 Å². The van der Waals surface area contributed by atoms with E-state index in [9.17, 15) is 9.59 Å². The fraction of sp³-hybridized carbons (Fsp3) is 0.579. The molecule has 26 heavy (non-hydrogen) atoms. The zero-order valence-corrected chi connectivity index (χ0v) is 16.1. The van der Waals surface area contributed by atoms with E-state index in [4.69, 9.17) is 16.3 Å². The van der Waals surface area contributed by atoms with Crippen LogP contribution >= 0.6 is 11.6 Å². The Bertz CT molecular complexity index is 695. The van der Waals surface area contributed by atoms with E-state index in [1.165, 1.54) is 39.7 Å². The van der Waals surface area contributed by atoms with E-state index in [1.807, 2.05) is 0 Å². The van der Waals surface area contributed by atoms with E-state index in [-0.39, 0.29) is 11.8 Å². The van der Waals surface area contributed by atoms with Crippen LogP contribution in [0.4, 0.5) is 5.69 Å². The molecule has 7 heteroatoms. The van der Waals surface area contributed by atoms with E-state index in [0.29, 0.717) is 40.7 Å². The largest absolute Gasteiger partial charge is 0.496 e. The van der Waals surface area contributed by atoms with Crippen LogP contribution in [0.5, 0.6) is 5.75 Å². The summed E-state index contributed by atoms with van der Waals surface area (Å²) >= 11 is 6.21. The molecule has 2 unspecified atom stereocenters. The molecule has 142 valence electrons. The third kappa shape index (κ3) is 4.13. The number of benzene rings is 1. The van der Waals surface area contributed by atoms with Gasteiger partial charge in [0.2, 0.25) is 5.91 Å². The van der Waals surface area contributed by atoms with Crippen molar-refractivity contribution in [2.24, 2.45) is 0 Å². The number of nitrogens with one attached hydrogen (secondary N) is 2. The monoisotopic (exact) mass is 379 g/mol. The van der Waals surface area contributed by atoms with Crippen LogP contribution < -0.4 is 15.4 Å². The van der Waals surface area contributed by atoms with E-state index >= 15 is 0 Å². The lowest BCUT2D eigenvalue weighted by atomic mass is 10.0. The summed E-state index contributed by atoms with van der Waals surface area (Å²) in [5.41, 5.74) is 0.805. The number of carbonyl (C=O) groups is 2. The molecular formula is C19H26ClN3O3. The van der Waals surface area contributed by atoms with Gasteiger partial charge < -0.3 is 15.4 Å². The van der Waals surface area contributed by atoms with Crippen LogP contribution in [0.25, 0.3) is 0 Å². The molecule has 2 aliphatic rings. The van der Waals surface area contributed by atoms with E-state index in [0.717, 1.165) is 13.0 Å². The van der Waals surface area contributed by atoms with Crippen molar-refractivity contribution in [1.29, 1.82) is 0 Å². The molecule has 3 rings (SSSR count). The molecule has 2 amide bonds. The topological polar surface area (TPSA) is 70.7 Å². The Kier molecular flexibility index (Phi) is 6.04. The summed E-state index contributed by atoms with van der Waals surface area (Å²) in [5.74, 6) is -0.0556. The fourth-order valence-electron chi connectivity index (χ4n) is 4.07. The van der Waals surface area contributed by atoms with Crippen molar-refractivity contribution >= 4 is 29.1 Å². The number of rotatable bonds is 5. The standard InChI is InChI=1S/C19H26ClN3O3/c1-12(24)22-17-10-18(26-2)15(9-16(17)20)19(25)21-11-14-7-6-13-5-3-4-8-23(13)14/h9-10,13-14H,3-8,11H2,1-2H3,(H,21,25)(H,22,24). The maximum absolute atomic E-state index is 12.7. The Hall–Kier alpha value is -1.79. The summed E-state index contributed by atoms with van der Waals surface area (Å²) in [5, 5.41) is 5.97. The van der Waals surface area contributed by atoms with Gasteiger partial charge in [0.25, 0.3) is 5.91 Å². The average molecular weight is 380 g/mol. The summed E-state index contributed by atoms with van der Waals surface area (Å²) < 4.78 is 5.32. The molecule has 0 aromatic heterocycles.